The van der Waals surface area contributed by atoms with E-state index in [1.165, 1.54) is 5.56 Å². The van der Waals surface area contributed by atoms with Crippen LogP contribution in [-0.2, 0) is 10.8 Å². The third kappa shape index (κ3) is 2.53. The Hall–Kier alpha value is -0.670. The molecule has 3 unspecified atom stereocenters. The first-order valence-corrected chi connectivity index (χ1v) is 7.06. The molecule has 0 spiro atoms. The van der Waals surface area contributed by atoms with Crippen LogP contribution in [0.2, 0.25) is 0 Å². The molecule has 0 radical (unpaired) electrons. The molecule has 16 heavy (non-hydrogen) atoms. The first-order valence-electron chi connectivity index (χ1n) is 5.85. The number of hydrogen-bond donors (Lipinski definition) is 1. The second-order valence-corrected chi connectivity index (χ2v) is 6.27. The third-order valence-corrected chi connectivity index (χ3v) is 5.07. The summed E-state index contributed by atoms with van der Waals surface area (Å²) in [5.41, 5.74) is 1.19. The molecule has 3 atom stereocenters. The van der Waals surface area contributed by atoms with E-state index in [1.807, 2.05) is 38.2 Å². The van der Waals surface area contributed by atoms with Crippen molar-refractivity contribution in [1.29, 1.82) is 0 Å². The van der Waals surface area contributed by atoms with Gasteiger partial charge in [-0.05, 0) is 50.9 Å². The van der Waals surface area contributed by atoms with Crippen LogP contribution in [0.15, 0.2) is 29.2 Å². The van der Waals surface area contributed by atoms with Crippen molar-refractivity contribution in [2.75, 3.05) is 7.05 Å². The molecule has 1 aliphatic carbocycles. The quantitative estimate of drug-likeness (QED) is 0.873. The highest BCUT2D eigenvalue weighted by atomic mass is 32.2. The summed E-state index contributed by atoms with van der Waals surface area (Å²) in [5, 5.41) is 3.61. The van der Waals surface area contributed by atoms with Gasteiger partial charge in [0.1, 0.15) is 0 Å². The summed E-state index contributed by atoms with van der Waals surface area (Å²) in [6, 6.07) is 8.62. The Bertz CT molecular complexity index is 391. The van der Waals surface area contributed by atoms with Crippen molar-refractivity contribution in [2.45, 2.75) is 42.4 Å². The summed E-state index contributed by atoms with van der Waals surface area (Å²) >= 11 is 0. The van der Waals surface area contributed by atoms with E-state index in [9.17, 15) is 4.21 Å². The van der Waals surface area contributed by atoms with E-state index in [4.69, 9.17) is 0 Å². The van der Waals surface area contributed by atoms with Gasteiger partial charge in [0.25, 0.3) is 0 Å². The molecule has 1 fully saturated rings. The Balaban J connectivity index is 2.08. The van der Waals surface area contributed by atoms with Gasteiger partial charge in [-0.1, -0.05) is 12.1 Å². The molecule has 0 amide bonds. The lowest BCUT2D eigenvalue weighted by Gasteiger charge is -2.11. The van der Waals surface area contributed by atoms with Gasteiger partial charge in [0.15, 0.2) is 0 Å². The van der Waals surface area contributed by atoms with Crippen LogP contribution < -0.4 is 5.32 Å². The van der Waals surface area contributed by atoms with Crippen LogP contribution in [0.5, 0.6) is 0 Å². The third-order valence-electron chi connectivity index (χ3n) is 3.32. The zero-order valence-electron chi connectivity index (χ0n) is 9.90. The van der Waals surface area contributed by atoms with E-state index in [0.717, 1.165) is 24.2 Å². The fraction of sp³-hybridized carbons (Fsp3) is 0.538. The SMILES string of the molecule is CNC1CCC(S(=O)c2cccc(C)c2)C1. The number of aryl methyl sites for hydroxylation is 1. The predicted octanol–water partition coefficient (Wildman–Crippen LogP) is 2.24. The van der Waals surface area contributed by atoms with Crippen molar-refractivity contribution in [3.05, 3.63) is 29.8 Å². The molecule has 1 N–H and O–H groups in total. The normalized spacial score (nSPS) is 26.9. The average molecular weight is 237 g/mol. The van der Waals surface area contributed by atoms with Crippen LogP contribution in [0.25, 0.3) is 0 Å². The Kier molecular flexibility index (Phi) is 3.77. The van der Waals surface area contributed by atoms with Crippen molar-refractivity contribution in [1.82, 2.24) is 5.32 Å². The van der Waals surface area contributed by atoms with Crippen molar-refractivity contribution >= 4 is 10.8 Å². The molecule has 0 heterocycles. The summed E-state index contributed by atoms with van der Waals surface area (Å²) in [6.45, 7) is 2.05. The molecule has 0 saturated heterocycles. The molecule has 0 aliphatic heterocycles. The first kappa shape index (κ1) is 11.8. The molecule has 1 aliphatic rings. The minimum atomic E-state index is -0.831. The number of nitrogens with one attached hydrogen (secondary N) is 1. The number of benzene rings is 1. The van der Waals surface area contributed by atoms with Crippen LogP contribution in [0.3, 0.4) is 0 Å². The van der Waals surface area contributed by atoms with Crippen LogP contribution >= 0.6 is 0 Å². The molecule has 0 aromatic heterocycles. The Morgan fingerprint density at radius 2 is 2.19 bits per heavy atom. The maximum atomic E-state index is 12.3. The van der Waals surface area contributed by atoms with Crippen LogP contribution in [-0.4, -0.2) is 22.5 Å². The standard InChI is InChI=1S/C13H19NOS/c1-10-4-3-5-12(8-10)16(15)13-7-6-11(9-13)14-2/h3-5,8,11,13-14H,6-7,9H2,1-2H3. The molecule has 1 aromatic carbocycles. The van der Waals surface area contributed by atoms with Crippen LogP contribution in [0.4, 0.5) is 0 Å². The minimum absolute atomic E-state index is 0.333. The Morgan fingerprint density at radius 1 is 1.38 bits per heavy atom. The first-order chi connectivity index (χ1) is 7.70. The van der Waals surface area contributed by atoms with Crippen molar-refractivity contribution < 1.29 is 4.21 Å². The van der Waals surface area contributed by atoms with Gasteiger partial charge in [-0.3, -0.25) is 4.21 Å². The molecule has 2 rings (SSSR count). The lowest BCUT2D eigenvalue weighted by atomic mass is 10.2. The monoisotopic (exact) mass is 237 g/mol. The van der Waals surface area contributed by atoms with Crippen LogP contribution in [0, 0.1) is 6.92 Å². The summed E-state index contributed by atoms with van der Waals surface area (Å²) in [4.78, 5) is 0.988. The zero-order chi connectivity index (χ0) is 11.5. The maximum absolute atomic E-state index is 12.3. The van der Waals surface area contributed by atoms with Gasteiger partial charge in [0.05, 0.1) is 10.8 Å². The second-order valence-electron chi connectivity index (χ2n) is 4.53. The summed E-state index contributed by atoms with van der Waals surface area (Å²) in [5.74, 6) is 0. The minimum Gasteiger partial charge on any atom is -0.317 e. The molecule has 0 bridgehead atoms. The highest BCUT2D eigenvalue weighted by Crippen LogP contribution is 2.27. The van der Waals surface area contributed by atoms with E-state index in [-0.39, 0.29) is 0 Å². The lowest BCUT2D eigenvalue weighted by Crippen LogP contribution is -2.23. The smallest absolute Gasteiger partial charge is 0.0561 e. The highest BCUT2D eigenvalue weighted by molar-refractivity contribution is 7.85. The molecular formula is C13H19NOS. The van der Waals surface area contributed by atoms with E-state index >= 15 is 0 Å². The Labute approximate surface area is 99.9 Å². The lowest BCUT2D eigenvalue weighted by molar-refractivity contribution is 0.581. The predicted molar refractivity (Wildman–Crippen MR) is 68.1 cm³/mol. The zero-order valence-corrected chi connectivity index (χ0v) is 10.7. The molecule has 2 nitrogen and oxygen atoms in total. The average Bonchev–Trinajstić information content (AvgIpc) is 2.76. The molecule has 1 aromatic rings. The van der Waals surface area contributed by atoms with Crippen molar-refractivity contribution in [3.8, 4) is 0 Å². The van der Waals surface area contributed by atoms with Gasteiger partial charge in [-0.25, -0.2) is 0 Å². The highest BCUT2D eigenvalue weighted by Gasteiger charge is 2.28. The van der Waals surface area contributed by atoms with E-state index in [1.54, 1.807) is 0 Å². The maximum Gasteiger partial charge on any atom is 0.0561 e. The van der Waals surface area contributed by atoms with E-state index in [0.29, 0.717) is 11.3 Å². The van der Waals surface area contributed by atoms with Gasteiger partial charge in [0.2, 0.25) is 0 Å². The topological polar surface area (TPSA) is 29.1 Å². The Morgan fingerprint density at radius 3 is 2.81 bits per heavy atom. The van der Waals surface area contributed by atoms with Gasteiger partial charge >= 0.3 is 0 Å². The second kappa shape index (κ2) is 5.11. The fourth-order valence-electron chi connectivity index (χ4n) is 2.33. The van der Waals surface area contributed by atoms with Gasteiger partial charge in [0, 0.05) is 16.2 Å². The largest absolute Gasteiger partial charge is 0.317 e. The molecular weight excluding hydrogens is 218 g/mol. The number of rotatable bonds is 3. The summed E-state index contributed by atoms with van der Waals surface area (Å²) < 4.78 is 12.3. The van der Waals surface area contributed by atoms with Gasteiger partial charge in [-0.15, -0.1) is 0 Å². The summed E-state index contributed by atoms with van der Waals surface area (Å²) in [7, 11) is 1.16. The van der Waals surface area contributed by atoms with Gasteiger partial charge < -0.3 is 5.32 Å². The van der Waals surface area contributed by atoms with E-state index < -0.39 is 10.8 Å². The number of hydrogen-bond acceptors (Lipinski definition) is 2. The van der Waals surface area contributed by atoms with Crippen LogP contribution in [0.1, 0.15) is 24.8 Å². The molecule has 88 valence electrons. The molecule has 1 saturated carbocycles. The van der Waals surface area contributed by atoms with E-state index in [2.05, 4.69) is 5.32 Å². The van der Waals surface area contributed by atoms with Crippen molar-refractivity contribution in [3.63, 3.8) is 0 Å². The molecule has 3 heteroatoms. The summed E-state index contributed by atoms with van der Waals surface area (Å²) in [6.07, 6.45) is 3.27. The van der Waals surface area contributed by atoms with Crippen molar-refractivity contribution in [2.24, 2.45) is 0 Å². The fourth-order valence-corrected chi connectivity index (χ4v) is 3.99. The van der Waals surface area contributed by atoms with Gasteiger partial charge in [-0.2, -0.15) is 0 Å².